The highest BCUT2D eigenvalue weighted by Gasteiger charge is 2.11. The van der Waals surface area contributed by atoms with Crippen LogP contribution in [0.15, 0.2) is 5.38 Å². The zero-order valence-electron chi connectivity index (χ0n) is 10.1. The van der Waals surface area contributed by atoms with Crippen molar-refractivity contribution < 1.29 is 0 Å². The Hall–Kier alpha value is -0.450. The largest absolute Gasteiger partial charge is 0.313 e. The van der Waals surface area contributed by atoms with Crippen molar-refractivity contribution in [3.63, 3.8) is 0 Å². The smallest absolute Gasteiger partial charge is 0.0944 e. The average Bonchev–Trinajstić information content (AvgIpc) is 2.50. The fourth-order valence-electron chi connectivity index (χ4n) is 1.64. The van der Waals surface area contributed by atoms with E-state index >= 15 is 0 Å². The molecule has 86 valence electrons. The Morgan fingerprint density at radius 1 is 1.53 bits per heavy atom. The molecule has 4 heteroatoms. The number of hydrogen-bond donors (Lipinski definition) is 1. The highest BCUT2D eigenvalue weighted by Crippen LogP contribution is 2.11. The van der Waals surface area contributed by atoms with Gasteiger partial charge in [0.05, 0.1) is 5.01 Å². The first-order chi connectivity index (χ1) is 7.11. The zero-order valence-corrected chi connectivity index (χ0v) is 10.9. The summed E-state index contributed by atoms with van der Waals surface area (Å²) in [6, 6.07) is 0.510. The number of rotatable bonds is 6. The van der Waals surface area contributed by atoms with Gasteiger partial charge in [0.15, 0.2) is 0 Å². The number of aryl methyl sites for hydroxylation is 1. The molecular weight excluding hydrogens is 206 g/mol. The van der Waals surface area contributed by atoms with Gasteiger partial charge >= 0.3 is 0 Å². The minimum absolute atomic E-state index is 0.510. The van der Waals surface area contributed by atoms with E-state index in [0.717, 1.165) is 25.2 Å². The van der Waals surface area contributed by atoms with Crippen LogP contribution in [0, 0.1) is 6.92 Å². The van der Waals surface area contributed by atoms with Gasteiger partial charge in [-0.05, 0) is 27.6 Å². The molecule has 1 atom stereocenters. The fourth-order valence-corrected chi connectivity index (χ4v) is 2.49. The van der Waals surface area contributed by atoms with E-state index in [1.165, 1.54) is 5.01 Å². The van der Waals surface area contributed by atoms with Crippen LogP contribution in [0.4, 0.5) is 0 Å². The predicted octanol–water partition coefficient (Wildman–Crippen LogP) is 1.53. The molecule has 15 heavy (non-hydrogen) atoms. The quantitative estimate of drug-likeness (QED) is 0.799. The zero-order chi connectivity index (χ0) is 11.3. The molecule has 0 spiro atoms. The number of thiazole rings is 1. The normalized spacial score (nSPS) is 13.4. The summed E-state index contributed by atoms with van der Waals surface area (Å²) in [5, 5.41) is 6.85. The summed E-state index contributed by atoms with van der Waals surface area (Å²) >= 11 is 1.76. The SMILES string of the molecule is CCNC(Cc1nc(C)cs1)CN(C)C. The van der Waals surface area contributed by atoms with Crippen molar-refractivity contribution in [2.24, 2.45) is 0 Å². The van der Waals surface area contributed by atoms with Gasteiger partial charge in [0, 0.05) is 30.1 Å². The van der Waals surface area contributed by atoms with Gasteiger partial charge in [-0.3, -0.25) is 0 Å². The number of nitrogens with zero attached hydrogens (tertiary/aromatic N) is 2. The summed E-state index contributed by atoms with van der Waals surface area (Å²) < 4.78 is 0. The second-order valence-electron chi connectivity index (χ2n) is 4.10. The highest BCUT2D eigenvalue weighted by molar-refractivity contribution is 7.09. The Kier molecular flexibility index (Phi) is 5.22. The van der Waals surface area contributed by atoms with Gasteiger partial charge in [0.25, 0.3) is 0 Å². The number of aromatic nitrogens is 1. The molecule has 0 bridgehead atoms. The van der Waals surface area contributed by atoms with Gasteiger partial charge in [0.1, 0.15) is 0 Å². The number of likely N-dealkylation sites (N-methyl/N-ethyl adjacent to an activating group) is 2. The first-order valence-corrected chi connectivity index (χ1v) is 6.29. The lowest BCUT2D eigenvalue weighted by molar-refractivity contribution is 0.339. The Bertz CT molecular complexity index is 283. The molecule has 0 fully saturated rings. The van der Waals surface area contributed by atoms with E-state index in [9.17, 15) is 0 Å². The summed E-state index contributed by atoms with van der Waals surface area (Å²) in [6.45, 7) is 6.28. The Morgan fingerprint density at radius 2 is 2.27 bits per heavy atom. The van der Waals surface area contributed by atoms with E-state index in [0.29, 0.717) is 6.04 Å². The molecule has 0 radical (unpaired) electrons. The van der Waals surface area contributed by atoms with E-state index in [2.05, 4.69) is 41.6 Å². The lowest BCUT2D eigenvalue weighted by Crippen LogP contribution is -2.39. The van der Waals surface area contributed by atoms with Gasteiger partial charge in [-0.25, -0.2) is 4.98 Å². The van der Waals surface area contributed by atoms with Crippen molar-refractivity contribution in [3.05, 3.63) is 16.1 Å². The van der Waals surface area contributed by atoms with Crippen LogP contribution in [0.1, 0.15) is 17.6 Å². The van der Waals surface area contributed by atoms with Crippen LogP contribution in [-0.2, 0) is 6.42 Å². The van der Waals surface area contributed by atoms with Crippen molar-refractivity contribution in [1.82, 2.24) is 15.2 Å². The van der Waals surface area contributed by atoms with Crippen LogP contribution < -0.4 is 5.32 Å². The van der Waals surface area contributed by atoms with Gasteiger partial charge < -0.3 is 10.2 Å². The molecule has 1 unspecified atom stereocenters. The monoisotopic (exact) mass is 227 g/mol. The van der Waals surface area contributed by atoms with Gasteiger partial charge in [0.2, 0.25) is 0 Å². The van der Waals surface area contributed by atoms with Crippen molar-refractivity contribution in [2.45, 2.75) is 26.3 Å². The van der Waals surface area contributed by atoms with Gasteiger partial charge in [-0.2, -0.15) is 0 Å². The molecule has 1 aromatic rings. The molecule has 1 heterocycles. The molecule has 1 aromatic heterocycles. The van der Waals surface area contributed by atoms with Crippen LogP contribution in [0.3, 0.4) is 0 Å². The van der Waals surface area contributed by atoms with Crippen LogP contribution in [0.25, 0.3) is 0 Å². The van der Waals surface area contributed by atoms with E-state index in [-0.39, 0.29) is 0 Å². The third-order valence-electron chi connectivity index (χ3n) is 2.17. The maximum atomic E-state index is 4.50. The second kappa shape index (κ2) is 6.20. The fraction of sp³-hybridized carbons (Fsp3) is 0.727. The number of nitrogens with one attached hydrogen (secondary N) is 1. The molecule has 0 aliphatic heterocycles. The molecule has 0 amide bonds. The molecule has 0 saturated carbocycles. The third kappa shape index (κ3) is 4.73. The minimum atomic E-state index is 0.510. The molecule has 0 saturated heterocycles. The second-order valence-corrected chi connectivity index (χ2v) is 5.05. The molecule has 0 aliphatic rings. The first kappa shape index (κ1) is 12.6. The summed E-state index contributed by atoms with van der Waals surface area (Å²) in [5.74, 6) is 0. The van der Waals surface area contributed by atoms with E-state index in [4.69, 9.17) is 0 Å². The summed E-state index contributed by atoms with van der Waals surface area (Å²) in [7, 11) is 4.22. The molecule has 1 rings (SSSR count). The maximum Gasteiger partial charge on any atom is 0.0944 e. The minimum Gasteiger partial charge on any atom is -0.313 e. The highest BCUT2D eigenvalue weighted by atomic mass is 32.1. The molecule has 3 nitrogen and oxygen atoms in total. The number of hydrogen-bond acceptors (Lipinski definition) is 4. The first-order valence-electron chi connectivity index (χ1n) is 5.41. The third-order valence-corrected chi connectivity index (χ3v) is 3.15. The topological polar surface area (TPSA) is 28.2 Å². The molecule has 1 N–H and O–H groups in total. The van der Waals surface area contributed by atoms with Crippen molar-refractivity contribution in [3.8, 4) is 0 Å². The maximum absolute atomic E-state index is 4.50. The summed E-state index contributed by atoms with van der Waals surface area (Å²) in [6.07, 6.45) is 1.03. The molecule has 0 aromatic carbocycles. The Labute approximate surface area is 96.5 Å². The van der Waals surface area contributed by atoms with Crippen molar-refractivity contribution in [2.75, 3.05) is 27.2 Å². The Balaban J connectivity index is 2.50. The standard InChI is InChI=1S/C11H21N3S/c1-5-12-10(7-14(3)4)6-11-13-9(2)8-15-11/h8,10,12H,5-7H2,1-4H3. The van der Waals surface area contributed by atoms with Crippen LogP contribution in [0.5, 0.6) is 0 Å². The van der Waals surface area contributed by atoms with Gasteiger partial charge in [-0.1, -0.05) is 6.92 Å². The summed E-state index contributed by atoms with van der Waals surface area (Å²) in [4.78, 5) is 6.72. The lowest BCUT2D eigenvalue weighted by Gasteiger charge is -2.20. The molecule has 0 aliphatic carbocycles. The van der Waals surface area contributed by atoms with E-state index in [1.807, 2.05) is 6.92 Å². The van der Waals surface area contributed by atoms with E-state index in [1.54, 1.807) is 11.3 Å². The van der Waals surface area contributed by atoms with Crippen molar-refractivity contribution in [1.29, 1.82) is 0 Å². The molecular formula is C11H21N3S. The van der Waals surface area contributed by atoms with E-state index < -0.39 is 0 Å². The predicted molar refractivity (Wildman–Crippen MR) is 66.6 cm³/mol. The van der Waals surface area contributed by atoms with Gasteiger partial charge in [-0.15, -0.1) is 11.3 Å². The van der Waals surface area contributed by atoms with Crippen LogP contribution in [-0.4, -0.2) is 43.1 Å². The van der Waals surface area contributed by atoms with Crippen molar-refractivity contribution >= 4 is 11.3 Å². The average molecular weight is 227 g/mol. The van der Waals surface area contributed by atoms with Crippen LogP contribution in [0.2, 0.25) is 0 Å². The summed E-state index contributed by atoms with van der Waals surface area (Å²) in [5.41, 5.74) is 1.13. The van der Waals surface area contributed by atoms with Crippen LogP contribution >= 0.6 is 11.3 Å². The lowest BCUT2D eigenvalue weighted by atomic mass is 10.2. The Morgan fingerprint density at radius 3 is 2.73 bits per heavy atom.